The Morgan fingerprint density at radius 2 is 0.673 bits per heavy atom. The van der Waals surface area contributed by atoms with Gasteiger partial charge in [0, 0.05) is 19.3 Å². The van der Waals surface area contributed by atoms with E-state index in [1.807, 2.05) is 6.08 Å². The van der Waals surface area contributed by atoms with Crippen LogP contribution >= 0.6 is 0 Å². The number of ketones is 1. The Morgan fingerprint density at radius 3 is 1.00 bits per heavy atom. The first-order chi connectivity index (χ1) is 26.1. The summed E-state index contributed by atoms with van der Waals surface area (Å²) in [5.41, 5.74) is 12.8. The molecule has 0 aromatic heterocycles. The lowest BCUT2D eigenvalue weighted by atomic mass is 9.94. The first-order valence-corrected chi connectivity index (χ1v) is 21.6. The van der Waals surface area contributed by atoms with Crippen LogP contribution in [0.15, 0.2) is 105 Å². The van der Waals surface area contributed by atoms with Gasteiger partial charge in [0.25, 0.3) is 0 Å². The van der Waals surface area contributed by atoms with Crippen molar-refractivity contribution in [3.63, 3.8) is 0 Å². The van der Waals surface area contributed by atoms with E-state index in [9.17, 15) is 9.59 Å². The van der Waals surface area contributed by atoms with Crippen molar-refractivity contribution >= 4 is 11.8 Å². The van der Waals surface area contributed by atoms with Gasteiger partial charge in [0.1, 0.15) is 12.4 Å². The molecule has 0 N–H and O–H groups in total. The standard InChI is InChI=1S/C52H84O3/c1-41(2)21-13-22-42(3)23-14-24-43(4)29-17-30-47(8)35-20-36-50(11)52(54)38-37-48(9)33-18-31-45(6)27-15-25-44(5)26-16-28-46(7)32-19-34-49(10)39-40-55-51(12)53/h21,23,26-27,29,32-33,35,39,50H,13-20,22,24-25,28,30-31,34,36-38,40H2,1-12H3/b42-23+,43-29+,44-26+,45-27+,46-32+,47-35+,48-33+,49-39+. The highest BCUT2D eigenvalue weighted by Gasteiger charge is 2.12. The third-order valence-corrected chi connectivity index (χ3v) is 10.4. The second kappa shape index (κ2) is 33.0. The molecule has 0 aliphatic rings. The number of allylic oxidation sites excluding steroid dienone is 17. The van der Waals surface area contributed by atoms with Crippen LogP contribution in [-0.2, 0) is 14.3 Å². The first-order valence-electron chi connectivity index (χ1n) is 21.6. The van der Waals surface area contributed by atoms with E-state index < -0.39 is 0 Å². The summed E-state index contributed by atoms with van der Waals surface area (Å²) in [6.45, 7) is 26.0. The van der Waals surface area contributed by atoms with Gasteiger partial charge in [-0.3, -0.25) is 9.59 Å². The van der Waals surface area contributed by atoms with Crippen molar-refractivity contribution in [3.8, 4) is 0 Å². The van der Waals surface area contributed by atoms with Crippen molar-refractivity contribution in [1.82, 2.24) is 0 Å². The Bertz CT molecular complexity index is 1390. The lowest BCUT2D eigenvalue weighted by Gasteiger charge is -2.10. The number of ether oxygens (including phenoxy) is 1. The zero-order chi connectivity index (χ0) is 41.4. The van der Waals surface area contributed by atoms with E-state index in [1.165, 1.54) is 63.5 Å². The van der Waals surface area contributed by atoms with Gasteiger partial charge in [-0.25, -0.2) is 0 Å². The summed E-state index contributed by atoms with van der Waals surface area (Å²) >= 11 is 0. The normalized spacial score (nSPS) is 14.7. The molecule has 1 unspecified atom stereocenters. The SMILES string of the molecule is CC(=O)OC/C=C(\C)CC/C=C(\C)CC/C=C(\C)CC/C=C(\C)CC/C=C(\C)CCC(=O)C(C)CC/C=C(\C)CC/C=C(\C)CC/C=C(\C)CCC=C(C)C. The lowest BCUT2D eigenvalue weighted by Crippen LogP contribution is -2.10. The highest BCUT2D eigenvalue weighted by molar-refractivity contribution is 5.80. The number of carbonyl (C=O) groups is 2. The maximum atomic E-state index is 12.8. The Labute approximate surface area is 341 Å². The van der Waals surface area contributed by atoms with E-state index in [-0.39, 0.29) is 11.9 Å². The van der Waals surface area contributed by atoms with Crippen LogP contribution in [0.5, 0.6) is 0 Å². The fourth-order valence-electron chi connectivity index (χ4n) is 6.29. The fourth-order valence-corrected chi connectivity index (χ4v) is 6.29. The Kier molecular flexibility index (Phi) is 31.1. The number of Topliss-reactive ketones (excluding diaryl/α,β-unsaturated/α-hetero) is 1. The van der Waals surface area contributed by atoms with E-state index in [4.69, 9.17) is 4.74 Å². The molecule has 0 radical (unpaired) electrons. The van der Waals surface area contributed by atoms with Crippen LogP contribution < -0.4 is 0 Å². The van der Waals surface area contributed by atoms with Gasteiger partial charge in [0.2, 0.25) is 0 Å². The zero-order valence-electron chi connectivity index (χ0n) is 37.9. The fraction of sp³-hybridized carbons (Fsp3) is 0.615. The molecule has 1 atom stereocenters. The minimum absolute atomic E-state index is 0.129. The summed E-state index contributed by atoms with van der Waals surface area (Å²) in [5.74, 6) is 0.302. The Morgan fingerprint density at radius 1 is 0.382 bits per heavy atom. The molecule has 0 aliphatic heterocycles. The molecule has 0 heterocycles. The van der Waals surface area contributed by atoms with Crippen LogP contribution in [0.3, 0.4) is 0 Å². The van der Waals surface area contributed by atoms with Gasteiger partial charge < -0.3 is 4.74 Å². The number of hydrogen-bond donors (Lipinski definition) is 0. The van der Waals surface area contributed by atoms with E-state index in [0.29, 0.717) is 18.8 Å². The second-order valence-corrected chi connectivity index (χ2v) is 16.7. The predicted octanol–water partition coefficient (Wildman–Crippen LogP) is 16.3. The minimum Gasteiger partial charge on any atom is -0.462 e. The molecule has 0 saturated carbocycles. The zero-order valence-corrected chi connectivity index (χ0v) is 37.9. The average Bonchev–Trinajstić information content (AvgIpc) is 3.10. The maximum Gasteiger partial charge on any atom is 0.302 e. The molecule has 3 nitrogen and oxygen atoms in total. The summed E-state index contributed by atoms with van der Waals surface area (Å²) in [6.07, 6.45) is 39.8. The number of esters is 1. The van der Waals surface area contributed by atoms with E-state index >= 15 is 0 Å². The molecule has 0 aromatic carbocycles. The van der Waals surface area contributed by atoms with E-state index in [0.717, 1.165) is 103 Å². The van der Waals surface area contributed by atoms with Crippen LogP contribution in [0, 0.1) is 5.92 Å². The molecule has 0 amide bonds. The van der Waals surface area contributed by atoms with Crippen molar-refractivity contribution in [1.29, 1.82) is 0 Å². The summed E-state index contributed by atoms with van der Waals surface area (Å²) in [6, 6.07) is 0. The Balaban J connectivity index is 4.28. The molecule has 0 saturated heterocycles. The van der Waals surface area contributed by atoms with Crippen LogP contribution in [0.4, 0.5) is 0 Å². The van der Waals surface area contributed by atoms with Gasteiger partial charge in [-0.15, -0.1) is 0 Å². The monoisotopic (exact) mass is 757 g/mol. The second-order valence-electron chi connectivity index (χ2n) is 16.7. The maximum absolute atomic E-state index is 12.8. The molecule has 0 aliphatic carbocycles. The van der Waals surface area contributed by atoms with Gasteiger partial charge in [-0.1, -0.05) is 106 Å². The van der Waals surface area contributed by atoms with Gasteiger partial charge >= 0.3 is 5.97 Å². The van der Waals surface area contributed by atoms with Crippen LogP contribution in [0.2, 0.25) is 0 Å². The highest BCUT2D eigenvalue weighted by atomic mass is 16.5. The van der Waals surface area contributed by atoms with Gasteiger partial charge in [-0.2, -0.15) is 0 Å². The highest BCUT2D eigenvalue weighted by Crippen LogP contribution is 2.19. The molecule has 0 rings (SSSR count). The molecule has 0 bridgehead atoms. The average molecular weight is 757 g/mol. The number of carbonyl (C=O) groups excluding carboxylic acids is 2. The quantitative estimate of drug-likeness (QED) is 0.0541. The van der Waals surface area contributed by atoms with Gasteiger partial charge in [-0.05, 0) is 184 Å². The molecular formula is C52H84O3. The number of hydrogen-bond acceptors (Lipinski definition) is 3. The molecule has 55 heavy (non-hydrogen) atoms. The lowest BCUT2D eigenvalue weighted by molar-refractivity contribution is -0.139. The van der Waals surface area contributed by atoms with Crippen molar-refractivity contribution in [2.24, 2.45) is 5.92 Å². The van der Waals surface area contributed by atoms with Crippen molar-refractivity contribution in [3.05, 3.63) is 105 Å². The number of rotatable bonds is 30. The van der Waals surface area contributed by atoms with E-state index in [1.54, 1.807) is 0 Å². The molecule has 0 aromatic rings. The molecular weight excluding hydrogens is 673 g/mol. The molecule has 0 fully saturated rings. The minimum atomic E-state index is -0.232. The summed E-state index contributed by atoms with van der Waals surface area (Å²) < 4.78 is 4.98. The van der Waals surface area contributed by atoms with Gasteiger partial charge in [0.05, 0.1) is 0 Å². The summed E-state index contributed by atoms with van der Waals surface area (Å²) in [5, 5.41) is 0. The van der Waals surface area contributed by atoms with Crippen molar-refractivity contribution < 1.29 is 14.3 Å². The molecule has 310 valence electrons. The molecule has 3 heteroatoms. The van der Waals surface area contributed by atoms with Crippen molar-refractivity contribution in [2.75, 3.05) is 6.61 Å². The third kappa shape index (κ3) is 33.8. The third-order valence-electron chi connectivity index (χ3n) is 10.4. The first kappa shape index (κ1) is 51.8. The van der Waals surface area contributed by atoms with E-state index in [2.05, 4.69) is 125 Å². The largest absolute Gasteiger partial charge is 0.462 e. The van der Waals surface area contributed by atoms with Crippen molar-refractivity contribution in [2.45, 2.75) is 199 Å². The summed E-state index contributed by atoms with van der Waals surface area (Å²) in [4.78, 5) is 23.7. The Hall–Kier alpha value is -3.20. The molecule has 0 spiro atoms. The van der Waals surface area contributed by atoms with Gasteiger partial charge in [0.15, 0.2) is 0 Å². The topological polar surface area (TPSA) is 43.4 Å². The predicted molar refractivity (Wildman–Crippen MR) is 243 cm³/mol. The summed E-state index contributed by atoms with van der Waals surface area (Å²) in [7, 11) is 0. The van der Waals surface area contributed by atoms with Crippen LogP contribution in [0.25, 0.3) is 0 Å². The van der Waals surface area contributed by atoms with Crippen LogP contribution in [-0.4, -0.2) is 18.4 Å². The van der Waals surface area contributed by atoms with Crippen LogP contribution in [0.1, 0.15) is 199 Å². The smallest absolute Gasteiger partial charge is 0.302 e.